The molecule has 0 aliphatic rings. The molecule has 1 aromatic heterocycles. The first-order valence-corrected chi connectivity index (χ1v) is 10.6. The highest BCUT2D eigenvalue weighted by atomic mass is 35.5. The fourth-order valence-electron chi connectivity index (χ4n) is 3.08. The average Bonchev–Trinajstić information content (AvgIpc) is 3.18. The minimum Gasteiger partial charge on any atom is -0.490 e. The topological polar surface area (TPSA) is 127 Å². The van der Waals surface area contributed by atoms with Crippen LogP contribution in [0, 0.1) is 10.1 Å². The van der Waals surface area contributed by atoms with Crippen molar-refractivity contribution in [3.63, 3.8) is 0 Å². The minimum absolute atomic E-state index is 0. The van der Waals surface area contributed by atoms with E-state index in [1.807, 2.05) is 0 Å². The fourth-order valence-corrected chi connectivity index (χ4v) is 3.77. The van der Waals surface area contributed by atoms with Crippen LogP contribution in [0.5, 0.6) is 5.75 Å². The average molecular weight is 486 g/mol. The molecule has 0 saturated carbocycles. The second-order valence-electron chi connectivity index (χ2n) is 7.32. The van der Waals surface area contributed by atoms with Crippen LogP contribution in [-0.4, -0.2) is 58.9 Å². The molecule has 0 aliphatic heterocycles. The van der Waals surface area contributed by atoms with Crippen molar-refractivity contribution in [2.45, 2.75) is 39.8 Å². The molecule has 0 saturated heterocycles. The summed E-state index contributed by atoms with van der Waals surface area (Å²) in [5.41, 5.74) is -0.0380. The minimum atomic E-state index is -0.624. The summed E-state index contributed by atoms with van der Waals surface area (Å²) in [6.07, 6.45) is 0. The van der Waals surface area contributed by atoms with E-state index in [2.05, 4.69) is 48.2 Å². The van der Waals surface area contributed by atoms with Gasteiger partial charge in [0.15, 0.2) is 10.9 Å². The first-order valence-electron chi connectivity index (χ1n) is 9.77. The molecule has 2 rings (SSSR count). The molecule has 12 heteroatoms. The first-order chi connectivity index (χ1) is 14.6. The van der Waals surface area contributed by atoms with Gasteiger partial charge in [0.05, 0.1) is 12.0 Å². The van der Waals surface area contributed by atoms with Crippen LogP contribution in [-0.2, 0) is 0 Å². The lowest BCUT2D eigenvalue weighted by Gasteiger charge is -2.30. The van der Waals surface area contributed by atoms with Gasteiger partial charge in [-0.25, -0.2) is 4.98 Å². The molecule has 0 radical (unpaired) electrons. The Labute approximate surface area is 196 Å². The number of nitrogens with one attached hydrogen (secondary N) is 2. The molecule has 1 aromatic carbocycles. The molecular weight excluding hydrogens is 458 g/mol. The van der Waals surface area contributed by atoms with Gasteiger partial charge >= 0.3 is 5.69 Å². The van der Waals surface area contributed by atoms with E-state index in [-0.39, 0.29) is 46.1 Å². The molecule has 2 N–H and O–H groups in total. The van der Waals surface area contributed by atoms with Gasteiger partial charge in [0, 0.05) is 42.2 Å². The normalized spacial score (nSPS) is 10.8. The van der Waals surface area contributed by atoms with Gasteiger partial charge in [0.25, 0.3) is 11.8 Å². The molecule has 2 aromatic rings. The van der Waals surface area contributed by atoms with Crippen molar-refractivity contribution in [2.24, 2.45) is 0 Å². The second kappa shape index (κ2) is 12.3. The summed E-state index contributed by atoms with van der Waals surface area (Å²) in [6.45, 7) is 9.61. The summed E-state index contributed by atoms with van der Waals surface area (Å²) in [4.78, 5) is 41.7. The zero-order valence-electron chi connectivity index (χ0n) is 18.6. The third kappa shape index (κ3) is 7.14. The van der Waals surface area contributed by atoms with Crippen molar-refractivity contribution >= 4 is 46.4 Å². The Morgan fingerprint density at radius 1 is 1.22 bits per heavy atom. The number of methoxy groups -OCH3 is 1. The van der Waals surface area contributed by atoms with Crippen molar-refractivity contribution in [3.8, 4) is 5.75 Å². The SMILES string of the molecule is COc1ccc(C(=O)Nc2nc(C(=O)NCCN(C(C)C)C(C)C)cs2)cc1[N+](=O)[O-].Cl. The van der Waals surface area contributed by atoms with Gasteiger partial charge in [-0.15, -0.1) is 23.7 Å². The van der Waals surface area contributed by atoms with Crippen LogP contribution in [0.25, 0.3) is 0 Å². The number of halogens is 1. The van der Waals surface area contributed by atoms with Crippen LogP contribution in [0.1, 0.15) is 48.5 Å². The van der Waals surface area contributed by atoms with E-state index >= 15 is 0 Å². The lowest BCUT2D eigenvalue weighted by atomic mass is 10.2. The molecule has 0 fully saturated rings. The summed E-state index contributed by atoms with van der Waals surface area (Å²) < 4.78 is 4.93. The highest BCUT2D eigenvalue weighted by molar-refractivity contribution is 7.14. The molecule has 1 heterocycles. The molecular formula is C20H28ClN5O5S. The molecule has 0 atom stereocenters. The molecule has 0 aliphatic carbocycles. The summed E-state index contributed by atoms with van der Waals surface area (Å²) in [5.74, 6) is -0.843. The lowest BCUT2D eigenvalue weighted by molar-refractivity contribution is -0.385. The van der Waals surface area contributed by atoms with Crippen LogP contribution >= 0.6 is 23.7 Å². The van der Waals surface area contributed by atoms with E-state index in [0.717, 1.165) is 17.4 Å². The molecule has 0 bridgehead atoms. The zero-order chi connectivity index (χ0) is 23.1. The number of anilines is 1. The van der Waals surface area contributed by atoms with Crippen molar-refractivity contribution in [1.29, 1.82) is 0 Å². The highest BCUT2D eigenvalue weighted by Gasteiger charge is 2.20. The Bertz CT molecular complexity index is 942. The van der Waals surface area contributed by atoms with E-state index in [1.54, 1.807) is 5.38 Å². The summed E-state index contributed by atoms with van der Waals surface area (Å²) in [5, 5.41) is 18.3. The number of nitro groups is 1. The highest BCUT2D eigenvalue weighted by Crippen LogP contribution is 2.28. The third-order valence-corrected chi connectivity index (χ3v) is 5.33. The molecule has 176 valence electrons. The Balaban J connectivity index is 0.00000512. The number of aromatic nitrogens is 1. The Morgan fingerprint density at radius 3 is 2.44 bits per heavy atom. The van der Waals surface area contributed by atoms with Crippen molar-refractivity contribution in [2.75, 3.05) is 25.5 Å². The van der Waals surface area contributed by atoms with Gasteiger partial charge in [-0.05, 0) is 39.8 Å². The van der Waals surface area contributed by atoms with E-state index in [0.29, 0.717) is 25.2 Å². The number of carbonyl (C=O) groups excluding carboxylic acids is 2. The van der Waals surface area contributed by atoms with Gasteiger partial charge < -0.3 is 10.1 Å². The number of thiazole rings is 1. The first kappa shape index (κ1) is 27.3. The summed E-state index contributed by atoms with van der Waals surface area (Å²) >= 11 is 1.10. The summed E-state index contributed by atoms with van der Waals surface area (Å²) in [6, 6.07) is 4.63. The second-order valence-corrected chi connectivity index (χ2v) is 8.18. The van der Waals surface area contributed by atoms with E-state index < -0.39 is 10.8 Å². The lowest BCUT2D eigenvalue weighted by Crippen LogP contribution is -2.42. The number of rotatable bonds is 10. The molecule has 0 spiro atoms. The maximum Gasteiger partial charge on any atom is 0.311 e. The standard InChI is InChI=1S/C20H27N5O5S.ClH/c1-12(2)24(13(3)4)9-8-21-19(27)15-11-31-20(22-15)23-18(26)14-6-7-17(30-5)16(10-14)25(28)29;/h6-7,10-13H,8-9H2,1-5H3,(H,21,27)(H,22,23,26);1H. The molecule has 2 amide bonds. The Kier molecular flexibility index (Phi) is 10.5. The molecule has 0 unspecified atom stereocenters. The number of hydrogen-bond donors (Lipinski definition) is 2. The Hall–Kier alpha value is -2.76. The van der Waals surface area contributed by atoms with Crippen molar-refractivity contribution in [3.05, 3.63) is 45.0 Å². The van der Waals surface area contributed by atoms with Crippen LogP contribution < -0.4 is 15.4 Å². The summed E-state index contributed by atoms with van der Waals surface area (Å²) in [7, 11) is 1.31. The van der Waals surface area contributed by atoms with Crippen LogP contribution in [0.2, 0.25) is 0 Å². The number of amides is 2. The van der Waals surface area contributed by atoms with Crippen LogP contribution in [0.4, 0.5) is 10.8 Å². The van der Waals surface area contributed by atoms with Crippen LogP contribution in [0.3, 0.4) is 0 Å². The van der Waals surface area contributed by atoms with E-state index in [9.17, 15) is 19.7 Å². The quantitative estimate of drug-likeness (QED) is 0.389. The maximum absolute atomic E-state index is 12.4. The van der Waals surface area contributed by atoms with Crippen molar-refractivity contribution in [1.82, 2.24) is 15.2 Å². The van der Waals surface area contributed by atoms with Gasteiger partial charge in [-0.2, -0.15) is 0 Å². The third-order valence-electron chi connectivity index (χ3n) is 4.58. The van der Waals surface area contributed by atoms with Crippen molar-refractivity contribution < 1.29 is 19.2 Å². The number of nitro benzene ring substituents is 1. The zero-order valence-corrected chi connectivity index (χ0v) is 20.2. The Morgan fingerprint density at radius 2 is 1.88 bits per heavy atom. The number of nitrogens with zero attached hydrogens (tertiary/aromatic N) is 3. The fraction of sp³-hybridized carbons (Fsp3) is 0.450. The van der Waals surface area contributed by atoms with Gasteiger partial charge in [0.1, 0.15) is 5.69 Å². The number of carbonyl (C=O) groups is 2. The van der Waals surface area contributed by atoms with Gasteiger partial charge in [-0.3, -0.25) is 29.9 Å². The van der Waals surface area contributed by atoms with Gasteiger partial charge in [-0.1, -0.05) is 0 Å². The molecule has 10 nitrogen and oxygen atoms in total. The number of hydrogen-bond acceptors (Lipinski definition) is 8. The predicted molar refractivity (Wildman–Crippen MR) is 126 cm³/mol. The monoisotopic (exact) mass is 485 g/mol. The van der Waals surface area contributed by atoms with E-state index in [4.69, 9.17) is 4.74 Å². The van der Waals surface area contributed by atoms with E-state index in [1.165, 1.54) is 19.2 Å². The predicted octanol–water partition coefficient (Wildman–Crippen LogP) is 3.58. The molecule has 32 heavy (non-hydrogen) atoms. The largest absolute Gasteiger partial charge is 0.490 e. The number of ether oxygens (including phenoxy) is 1. The van der Waals surface area contributed by atoms with Gasteiger partial charge in [0.2, 0.25) is 0 Å². The smallest absolute Gasteiger partial charge is 0.311 e. The maximum atomic E-state index is 12.4. The number of benzene rings is 1. The van der Waals surface area contributed by atoms with Crippen LogP contribution in [0.15, 0.2) is 23.6 Å².